The van der Waals surface area contributed by atoms with Gasteiger partial charge >= 0.3 is 0 Å². The van der Waals surface area contributed by atoms with E-state index in [4.69, 9.17) is 4.74 Å². The zero-order chi connectivity index (χ0) is 16.1. The standard InChI is InChI=1S/C17H29N3O2/c1-5-10-22-17-15(13(2)18-20(17)4)12-19(3)11-14-8-6-7-9-16(14)21/h5,14,16,21H,1,6-12H2,2-4H3. The Labute approximate surface area is 133 Å². The van der Waals surface area contributed by atoms with Crippen LogP contribution in [0.4, 0.5) is 0 Å². The molecule has 5 heteroatoms. The molecule has 1 N–H and O–H groups in total. The molecule has 124 valence electrons. The zero-order valence-corrected chi connectivity index (χ0v) is 14.1. The minimum atomic E-state index is -0.150. The van der Waals surface area contributed by atoms with Crippen molar-refractivity contribution in [2.75, 3.05) is 20.2 Å². The fourth-order valence-electron chi connectivity index (χ4n) is 3.32. The van der Waals surface area contributed by atoms with Gasteiger partial charge in [0.15, 0.2) is 0 Å². The molecular weight excluding hydrogens is 278 g/mol. The Kier molecular flexibility index (Phi) is 6.03. The van der Waals surface area contributed by atoms with Gasteiger partial charge in [0.1, 0.15) is 6.61 Å². The van der Waals surface area contributed by atoms with Gasteiger partial charge in [-0.05, 0) is 32.7 Å². The van der Waals surface area contributed by atoms with Gasteiger partial charge in [-0.3, -0.25) is 0 Å². The highest BCUT2D eigenvalue weighted by Crippen LogP contribution is 2.27. The molecule has 0 aliphatic heterocycles. The number of hydrogen-bond donors (Lipinski definition) is 1. The zero-order valence-electron chi connectivity index (χ0n) is 14.1. The second-order valence-electron chi connectivity index (χ2n) is 6.40. The van der Waals surface area contributed by atoms with Crippen LogP contribution in [-0.2, 0) is 13.6 Å². The minimum absolute atomic E-state index is 0.150. The van der Waals surface area contributed by atoms with Gasteiger partial charge in [-0.2, -0.15) is 5.10 Å². The average molecular weight is 307 g/mol. The SMILES string of the molecule is C=CCOc1c(CN(C)CC2CCCCC2O)c(C)nn1C. The number of ether oxygens (including phenoxy) is 1. The largest absolute Gasteiger partial charge is 0.473 e. The number of aryl methyl sites for hydroxylation is 2. The smallest absolute Gasteiger partial charge is 0.216 e. The number of rotatable bonds is 7. The maximum Gasteiger partial charge on any atom is 0.216 e. The van der Waals surface area contributed by atoms with E-state index in [0.29, 0.717) is 12.5 Å². The summed E-state index contributed by atoms with van der Waals surface area (Å²) in [6, 6.07) is 0. The molecule has 2 rings (SSSR count). The van der Waals surface area contributed by atoms with E-state index in [-0.39, 0.29) is 6.10 Å². The highest BCUT2D eigenvalue weighted by atomic mass is 16.5. The molecule has 1 aromatic heterocycles. The maximum absolute atomic E-state index is 10.1. The van der Waals surface area contributed by atoms with Crippen LogP contribution in [0.1, 0.15) is 36.9 Å². The van der Waals surface area contributed by atoms with Gasteiger partial charge in [0.05, 0.1) is 17.4 Å². The normalized spacial score (nSPS) is 22.0. The van der Waals surface area contributed by atoms with Crippen molar-refractivity contribution in [2.24, 2.45) is 13.0 Å². The molecule has 1 heterocycles. The molecule has 1 aliphatic carbocycles. The Balaban J connectivity index is 2.01. The molecule has 5 nitrogen and oxygen atoms in total. The fourth-order valence-corrected chi connectivity index (χ4v) is 3.32. The van der Waals surface area contributed by atoms with Crippen molar-refractivity contribution in [3.8, 4) is 5.88 Å². The quantitative estimate of drug-likeness (QED) is 0.785. The van der Waals surface area contributed by atoms with Gasteiger partial charge in [-0.15, -0.1) is 0 Å². The molecule has 0 spiro atoms. The molecule has 0 saturated heterocycles. The first-order valence-corrected chi connectivity index (χ1v) is 8.15. The number of aliphatic hydroxyl groups excluding tert-OH is 1. The Hall–Kier alpha value is -1.33. The summed E-state index contributed by atoms with van der Waals surface area (Å²) in [6.45, 7) is 7.89. The lowest BCUT2D eigenvalue weighted by atomic mass is 9.86. The predicted octanol–water partition coefficient (Wildman–Crippen LogP) is 2.28. The molecule has 0 radical (unpaired) electrons. The van der Waals surface area contributed by atoms with E-state index in [2.05, 4.69) is 23.6 Å². The maximum atomic E-state index is 10.1. The van der Waals surface area contributed by atoms with Crippen LogP contribution in [0.2, 0.25) is 0 Å². The lowest BCUT2D eigenvalue weighted by Crippen LogP contribution is -2.34. The van der Waals surface area contributed by atoms with E-state index in [1.165, 1.54) is 6.42 Å². The molecule has 0 bridgehead atoms. The first kappa shape index (κ1) is 17.0. The number of aliphatic hydroxyl groups is 1. The first-order valence-electron chi connectivity index (χ1n) is 8.15. The lowest BCUT2D eigenvalue weighted by Gasteiger charge is -2.31. The van der Waals surface area contributed by atoms with Crippen LogP contribution in [0.15, 0.2) is 12.7 Å². The van der Waals surface area contributed by atoms with E-state index in [9.17, 15) is 5.11 Å². The Bertz CT molecular complexity index is 498. The summed E-state index contributed by atoms with van der Waals surface area (Å²) < 4.78 is 7.55. The lowest BCUT2D eigenvalue weighted by molar-refractivity contribution is 0.0500. The van der Waals surface area contributed by atoms with Gasteiger partial charge < -0.3 is 14.7 Å². The van der Waals surface area contributed by atoms with Gasteiger partial charge in [-0.25, -0.2) is 4.68 Å². The van der Waals surface area contributed by atoms with Crippen molar-refractivity contribution in [1.82, 2.24) is 14.7 Å². The summed E-state index contributed by atoms with van der Waals surface area (Å²) in [4.78, 5) is 2.27. The van der Waals surface area contributed by atoms with Crippen LogP contribution < -0.4 is 4.74 Å². The molecule has 1 fully saturated rings. The third-order valence-corrected chi connectivity index (χ3v) is 4.47. The van der Waals surface area contributed by atoms with Crippen molar-refractivity contribution in [3.05, 3.63) is 23.9 Å². The monoisotopic (exact) mass is 307 g/mol. The van der Waals surface area contributed by atoms with Crippen LogP contribution in [0.25, 0.3) is 0 Å². The van der Waals surface area contributed by atoms with Crippen molar-refractivity contribution >= 4 is 0 Å². The Morgan fingerprint density at radius 3 is 2.86 bits per heavy atom. The fraction of sp³-hybridized carbons (Fsp3) is 0.706. The van der Waals surface area contributed by atoms with E-state index in [1.807, 2.05) is 14.0 Å². The summed E-state index contributed by atoms with van der Waals surface area (Å²) in [5.41, 5.74) is 2.12. The average Bonchev–Trinajstić information content (AvgIpc) is 2.73. The number of nitrogens with zero attached hydrogens (tertiary/aromatic N) is 3. The highest BCUT2D eigenvalue weighted by molar-refractivity contribution is 5.31. The Morgan fingerprint density at radius 2 is 2.18 bits per heavy atom. The highest BCUT2D eigenvalue weighted by Gasteiger charge is 2.25. The van der Waals surface area contributed by atoms with Gasteiger partial charge in [0, 0.05) is 20.1 Å². The molecular formula is C17H29N3O2. The van der Waals surface area contributed by atoms with Crippen molar-refractivity contribution in [1.29, 1.82) is 0 Å². The van der Waals surface area contributed by atoms with E-state index in [0.717, 1.165) is 49.5 Å². The van der Waals surface area contributed by atoms with Crippen LogP contribution in [0.5, 0.6) is 5.88 Å². The van der Waals surface area contributed by atoms with Gasteiger partial charge in [0.2, 0.25) is 5.88 Å². The molecule has 1 saturated carbocycles. The molecule has 1 aromatic rings. The molecule has 2 unspecified atom stereocenters. The summed E-state index contributed by atoms with van der Waals surface area (Å²) >= 11 is 0. The predicted molar refractivity (Wildman–Crippen MR) is 87.9 cm³/mol. The van der Waals surface area contributed by atoms with Crippen LogP contribution in [0, 0.1) is 12.8 Å². The van der Waals surface area contributed by atoms with Crippen molar-refractivity contribution < 1.29 is 9.84 Å². The summed E-state index contributed by atoms with van der Waals surface area (Å²) in [7, 11) is 4.00. The Morgan fingerprint density at radius 1 is 1.45 bits per heavy atom. The third-order valence-electron chi connectivity index (χ3n) is 4.47. The summed E-state index contributed by atoms with van der Waals surface area (Å²) in [5.74, 6) is 1.20. The molecule has 2 atom stereocenters. The van der Waals surface area contributed by atoms with E-state index >= 15 is 0 Å². The van der Waals surface area contributed by atoms with Crippen LogP contribution >= 0.6 is 0 Å². The molecule has 0 aromatic carbocycles. The molecule has 22 heavy (non-hydrogen) atoms. The molecule has 0 amide bonds. The third kappa shape index (κ3) is 4.11. The van der Waals surface area contributed by atoms with Crippen molar-refractivity contribution in [3.63, 3.8) is 0 Å². The number of hydrogen-bond acceptors (Lipinski definition) is 4. The first-order chi connectivity index (χ1) is 10.5. The number of aromatic nitrogens is 2. The summed E-state index contributed by atoms with van der Waals surface area (Å²) in [6.07, 6.45) is 6.05. The topological polar surface area (TPSA) is 50.5 Å². The van der Waals surface area contributed by atoms with Crippen LogP contribution in [-0.4, -0.2) is 46.1 Å². The molecule has 1 aliphatic rings. The van der Waals surface area contributed by atoms with Crippen molar-refractivity contribution in [2.45, 2.75) is 45.3 Å². The van der Waals surface area contributed by atoms with E-state index in [1.54, 1.807) is 10.8 Å². The summed E-state index contributed by atoms with van der Waals surface area (Å²) in [5, 5.41) is 14.6. The second kappa shape index (κ2) is 7.79. The van der Waals surface area contributed by atoms with E-state index < -0.39 is 0 Å². The second-order valence-corrected chi connectivity index (χ2v) is 6.40. The van der Waals surface area contributed by atoms with Gasteiger partial charge in [-0.1, -0.05) is 25.5 Å². The minimum Gasteiger partial charge on any atom is -0.473 e. The van der Waals surface area contributed by atoms with Gasteiger partial charge in [0.25, 0.3) is 0 Å². The van der Waals surface area contributed by atoms with Crippen LogP contribution in [0.3, 0.4) is 0 Å².